The number of ether oxygens (including phenoxy) is 1. The molecule has 0 N–H and O–H groups in total. The van der Waals surface area contributed by atoms with Crippen molar-refractivity contribution in [1.82, 2.24) is 4.98 Å². The van der Waals surface area contributed by atoms with Gasteiger partial charge in [-0.25, -0.2) is 0 Å². The molecule has 1 rings (SSSR count). The number of halogens is 1. The smallest absolute Gasteiger partial charge is 0.142 e. The van der Waals surface area contributed by atoms with Gasteiger partial charge in [-0.05, 0) is 45.7 Å². The highest BCUT2D eigenvalue weighted by atomic mass is 35.5. The summed E-state index contributed by atoms with van der Waals surface area (Å²) in [6, 6.07) is 6.09. The SMILES string of the molecule is Cc1ccc(OCCCC(C)(C)C#N)c(CCl)n1. The van der Waals surface area contributed by atoms with Gasteiger partial charge < -0.3 is 4.74 Å². The summed E-state index contributed by atoms with van der Waals surface area (Å²) in [5, 5.41) is 8.90. The standard InChI is InChI=1S/C14H19ClN2O/c1-11-5-6-13(12(9-15)17-11)18-8-4-7-14(2,3)10-16/h5-6H,4,7-9H2,1-3H3. The molecule has 0 bridgehead atoms. The molecular weight excluding hydrogens is 248 g/mol. The van der Waals surface area contributed by atoms with Crippen LogP contribution in [0.1, 0.15) is 38.1 Å². The van der Waals surface area contributed by atoms with Crippen molar-refractivity contribution >= 4 is 11.6 Å². The summed E-state index contributed by atoms with van der Waals surface area (Å²) >= 11 is 5.83. The normalized spacial score (nSPS) is 11.1. The van der Waals surface area contributed by atoms with Crippen molar-refractivity contribution in [2.24, 2.45) is 5.41 Å². The maximum absolute atomic E-state index is 8.90. The highest BCUT2D eigenvalue weighted by Gasteiger charge is 2.15. The molecule has 0 unspecified atom stereocenters. The summed E-state index contributed by atoms with van der Waals surface area (Å²) in [6.07, 6.45) is 1.66. The Morgan fingerprint density at radius 2 is 2.17 bits per heavy atom. The van der Waals surface area contributed by atoms with E-state index in [2.05, 4.69) is 11.1 Å². The zero-order chi connectivity index (χ0) is 13.6. The molecule has 0 saturated carbocycles. The molecule has 1 heterocycles. The first kappa shape index (κ1) is 14.8. The molecule has 3 nitrogen and oxygen atoms in total. The van der Waals surface area contributed by atoms with Gasteiger partial charge in [-0.3, -0.25) is 4.98 Å². The lowest BCUT2D eigenvalue weighted by Crippen LogP contribution is -2.10. The minimum absolute atomic E-state index is 0.287. The van der Waals surface area contributed by atoms with Gasteiger partial charge in [0.1, 0.15) is 5.75 Å². The van der Waals surface area contributed by atoms with Crippen LogP contribution in [0.3, 0.4) is 0 Å². The molecule has 1 aromatic rings. The molecule has 0 aromatic carbocycles. The first-order valence-corrected chi connectivity index (χ1v) is 6.58. The Morgan fingerprint density at radius 3 is 2.78 bits per heavy atom. The van der Waals surface area contributed by atoms with Crippen LogP contribution in [0.25, 0.3) is 0 Å². The lowest BCUT2D eigenvalue weighted by molar-refractivity contribution is 0.281. The first-order valence-electron chi connectivity index (χ1n) is 6.05. The van der Waals surface area contributed by atoms with Crippen LogP contribution in [0.4, 0.5) is 0 Å². The van der Waals surface area contributed by atoms with Crippen molar-refractivity contribution in [2.45, 2.75) is 39.5 Å². The maximum Gasteiger partial charge on any atom is 0.142 e. The predicted octanol–water partition coefficient (Wildman–Crippen LogP) is 3.84. The highest BCUT2D eigenvalue weighted by Crippen LogP contribution is 2.22. The molecule has 0 spiro atoms. The Kier molecular flexibility index (Phi) is 5.43. The van der Waals surface area contributed by atoms with Crippen molar-refractivity contribution < 1.29 is 4.74 Å². The van der Waals surface area contributed by atoms with Gasteiger partial charge in [0.25, 0.3) is 0 Å². The van der Waals surface area contributed by atoms with Crippen LogP contribution in [0.15, 0.2) is 12.1 Å². The zero-order valence-electron chi connectivity index (χ0n) is 11.2. The Bertz CT molecular complexity index is 438. The van der Waals surface area contributed by atoms with Crippen LogP contribution in [0.5, 0.6) is 5.75 Å². The molecular formula is C14H19ClN2O. The molecule has 1 aromatic heterocycles. The fourth-order valence-electron chi connectivity index (χ4n) is 1.58. The Balaban J connectivity index is 2.47. The van der Waals surface area contributed by atoms with E-state index in [1.54, 1.807) is 0 Å². The van der Waals surface area contributed by atoms with Crippen LogP contribution < -0.4 is 4.74 Å². The molecule has 0 atom stereocenters. The molecule has 4 heteroatoms. The number of nitriles is 1. The molecule has 0 saturated heterocycles. The van der Waals surface area contributed by atoms with E-state index >= 15 is 0 Å². The van der Waals surface area contributed by atoms with Gasteiger partial charge in [0, 0.05) is 5.69 Å². The average Bonchev–Trinajstić information content (AvgIpc) is 2.36. The van der Waals surface area contributed by atoms with Gasteiger partial charge in [-0.2, -0.15) is 5.26 Å². The van der Waals surface area contributed by atoms with Crippen molar-refractivity contribution in [3.8, 4) is 11.8 Å². The Labute approximate surface area is 114 Å². The van der Waals surface area contributed by atoms with E-state index in [-0.39, 0.29) is 5.41 Å². The number of hydrogen-bond donors (Lipinski definition) is 0. The van der Waals surface area contributed by atoms with Crippen molar-refractivity contribution in [2.75, 3.05) is 6.61 Å². The summed E-state index contributed by atoms with van der Waals surface area (Å²) in [5.74, 6) is 1.09. The van der Waals surface area contributed by atoms with Crippen molar-refractivity contribution in [1.29, 1.82) is 5.26 Å². The van der Waals surface area contributed by atoms with Gasteiger partial charge in [0.05, 0.1) is 29.7 Å². The summed E-state index contributed by atoms with van der Waals surface area (Å²) < 4.78 is 5.67. The lowest BCUT2D eigenvalue weighted by Gasteiger charge is -2.15. The van der Waals surface area contributed by atoms with Crippen LogP contribution in [0.2, 0.25) is 0 Å². The highest BCUT2D eigenvalue weighted by molar-refractivity contribution is 6.17. The van der Waals surface area contributed by atoms with Gasteiger partial charge in [-0.1, -0.05) is 0 Å². The van der Waals surface area contributed by atoms with E-state index < -0.39 is 0 Å². The van der Waals surface area contributed by atoms with Gasteiger partial charge >= 0.3 is 0 Å². The number of pyridine rings is 1. The van der Waals surface area contributed by atoms with E-state index in [4.69, 9.17) is 21.6 Å². The molecule has 0 aliphatic carbocycles. The van der Waals surface area contributed by atoms with E-state index in [0.717, 1.165) is 30.0 Å². The second kappa shape index (κ2) is 6.61. The van der Waals surface area contributed by atoms with E-state index in [0.29, 0.717) is 12.5 Å². The topological polar surface area (TPSA) is 45.9 Å². The van der Waals surface area contributed by atoms with Crippen LogP contribution in [-0.2, 0) is 5.88 Å². The third-order valence-corrected chi connectivity index (χ3v) is 2.96. The average molecular weight is 267 g/mol. The molecule has 98 valence electrons. The molecule has 0 aliphatic rings. The molecule has 18 heavy (non-hydrogen) atoms. The summed E-state index contributed by atoms with van der Waals surface area (Å²) in [4.78, 5) is 4.33. The minimum atomic E-state index is -0.287. The molecule has 0 radical (unpaired) electrons. The van der Waals surface area contributed by atoms with Gasteiger partial charge in [0.2, 0.25) is 0 Å². The Hall–Kier alpha value is -1.27. The van der Waals surface area contributed by atoms with Crippen LogP contribution in [0, 0.1) is 23.7 Å². The summed E-state index contributed by atoms with van der Waals surface area (Å²) in [7, 11) is 0. The van der Waals surface area contributed by atoms with E-state index in [1.165, 1.54) is 0 Å². The fourth-order valence-corrected chi connectivity index (χ4v) is 1.77. The van der Waals surface area contributed by atoms with Gasteiger partial charge in [0.15, 0.2) is 0 Å². The number of rotatable bonds is 6. The fraction of sp³-hybridized carbons (Fsp3) is 0.571. The van der Waals surface area contributed by atoms with E-state index in [1.807, 2.05) is 32.9 Å². The zero-order valence-corrected chi connectivity index (χ0v) is 11.9. The largest absolute Gasteiger partial charge is 0.492 e. The summed E-state index contributed by atoms with van der Waals surface area (Å²) in [5.41, 5.74) is 1.42. The quantitative estimate of drug-likeness (QED) is 0.581. The third kappa shape index (κ3) is 4.54. The minimum Gasteiger partial charge on any atom is -0.492 e. The second-order valence-corrected chi connectivity index (χ2v) is 5.25. The molecule has 0 fully saturated rings. The predicted molar refractivity (Wildman–Crippen MR) is 72.7 cm³/mol. The Morgan fingerprint density at radius 1 is 1.44 bits per heavy atom. The van der Waals surface area contributed by atoms with Crippen molar-refractivity contribution in [3.63, 3.8) is 0 Å². The monoisotopic (exact) mass is 266 g/mol. The van der Waals surface area contributed by atoms with Gasteiger partial charge in [-0.15, -0.1) is 11.6 Å². The second-order valence-electron chi connectivity index (χ2n) is 4.98. The van der Waals surface area contributed by atoms with Crippen molar-refractivity contribution in [3.05, 3.63) is 23.5 Å². The van der Waals surface area contributed by atoms with Crippen LogP contribution >= 0.6 is 11.6 Å². The van der Waals surface area contributed by atoms with E-state index in [9.17, 15) is 0 Å². The third-order valence-electron chi connectivity index (χ3n) is 2.70. The molecule has 0 amide bonds. The summed E-state index contributed by atoms with van der Waals surface area (Å²) in [6.45, 7) is 6.38. The first-order chi connectivity index (χ1) is 8.48. The number of alkyl halides is 1. The number of nitrogens with zero attached hydrogens (tertiary/aromatic N) is 2. The maximum atomic E-state index is 8.90. The molecule has 0 aliphatic heterocycles. The lowest BCUT2D eigenvalue weighted by atomic mass is 9.90. The van der Waals surface area contributed by atoms with Crippen LogP contribution in [-0.4, -0.2) is 11.6 Å². The number of aryl methyl sites for hydroxylation is 1. The number of hydrogen-bond acceptors (Lipinski definition) is 3. The number of aromatic nitrogens is 1.